The van der Waals surface area contributed by atoms with E-state index in [0.29, 0.717) is 28.8 Å². The van der Waals surface area contributed by atoms with Gasteiger partial charge in [-0.1, -0.05) is 23.5 Å². The quantitative estimate of drug-likeness (QED) is 0.646. The molecular formula is C23H25FN4OS. The molecule has 156 valence electrons. The highest BCUT2D eigenvalue weighted by atomic mass is 32.1. The summed E-state index contributed by atoms with van der Waals surface area (Å²) in [5, 5.41) is 3.79. The molecule has 0 saturated carbocycles. The van der Waals surface area contributed by atoms with E-state index in [1.165, 1.54) is 40.3 Å². The van der Waals surface area contributed by atoms with Crippen LogP contribution in [0, 0.1) is 26.6 Å². The smallest absolute Gasteiger partial charge is 0.266 e. The Morgan fingerprint density at radius 3 is 2.43 bits per heavy atom. The molecule has 0 spiro atoms. The molecule has 1 aliphatic heterocycles. The molecule has 4 rings (SSSR count). The van der Waals surface area contributed by atoms with Gasteiger partial charge in [-0.15, -0.1) is 0 Å². The van der Waals surface area contributed by atoms with E-state index < -0.39 is 0 Å². The van der Waals surface area contributed by atoms with Gasteiger partial charge in [-0.3, -0.25) is 4.79 Å². The Bertz CT molecular complexity index is 1060. The predicted molar refractivity (Wildman–Crippen MR) is 121 cm³/mol. The minimum absolute atomic E-state index is 0.0257. The van der Waals surface area contributed by atoms with Crippen LogP contribution in [0.25, 0.3) is 0 Å². The van der Waals surface area contributed by atoms with Crippen molar-refractivity contribution in [3.05, 3.63) is 70.0 Å². The molecule has 30 heavy (non-hydrogen) atoms. The SMILES string of the molecule is Cc1cccc(N2CCN(C(=O)c3sc(Nc4ccc(F)cc4)nc3C)CC2)c1C. The van der Waals surface area contributed by atoms with Crippen LogP contribution >= 0.6 is 11.3 Å². The molecule has 0 aliphatic carbocycles. The first-order chi connectivity index (χ1) is 14.4. The van der Waals surface area contributed by atoms with E-state index in [4.69, 9.17) is 0 Å². The van der Waals surface area contributed by atoms with Crippen LogP contribution in [0.5, 0.6) is 0 Å². The van der Waals surface area contributed by atoms with Crippen molar-refractivity contribution < 1.29 is 9.18 Å². The average Bonchev–Trinajstić information content (AvgIpc) is 3.11. The van der Waals surface area contributed by atoms with E-state index in [0.717, 1.165) is 18.8 Å². The van der Waals surface area contributed by atoms with Crippen LogP contribution in [-0.4, -0.2) is 42.0 Å². The van der Waals surface area contributed by atoms with Crippen LogP contribution in [-0.2, 0) is 0 Å². The molecule has 1 amide bonds. The van der Waals surface area contributed by atoms with Gasteiger partial charge in [0, 0.05) is 37.6 Å². The van der Waals surface area contributed by atoms with Gasteiger partial charge in [-0.05, 0) is 62.2 Å². The second-order valence-corrected chi connectivity index (χ2v) is 8.56. The number of halogens is 1. The number of hydrogen-bond donors (Lipinski definition) is 1. The topological polar surface area (TPSA) is 48.5 Å². The summed E-state index contributed by atoms with van der Waals surface area (Å²) in [6.45, 7) is 9.13. The number of piperazine rings is 1. The molecule has 2 heterocycles. The molecule has 1 aromatic heterocycles. The number of hydrogen-bond acceptors (Lipinski definition) is 5. The zero-order valence-corrected chi connectivity index (χ0v) is 18.2. The lowest BCUT2D eigenvalue weighted by Gasteiger charge is -2.37. The largest absolute Gasteiger partial charge is 0.368 e. The van der Waals surface area contributed by atoms with E-state index in [2.05, 4.69) is 47.2 Å². The molecule has 7 heteroatoms. The lowest BCUT2D eigenvalue weighted by Crippen LogP contribution is -2.49. The molecule has 0 atom stereocenters. The lowest BCUT2D eigenvalue weighted by atomic mass is 10.1. The number of nitrogens with zero attached hydrogens (tertiary/aromatic N) is 3. The van der Waals surface area contributed by atoms with Gasteiger partial charge in [-0.25, -0.2) is 9.37 Å². The first-order valence-electron chi connectivity index (χ1n) is 10.0. The molecule has 0 unspecified atom stereocenters. The van der Waals surface area contributed by atoms with Gasteiger partial charge in [0.25, 0.3) is 5.91 Å². The second kappa shape index (κ2) is 8.44. The second-order valence-electron chi connectivity index (χ2n) is 7.56. The van der Waals surface area contributed by atoms with Crippen molar-refractivity contribution in [2.24, 2.45) is 0 Å². The van der Waals surface area contributed by atoms with E-state index in [9.17, 15) is 9.18 Å². The van der Waals surface area contributed by atoms with Crippen molar-refractivity contribution in [2.45, 2.75) is 20.8 Å². The summed E-state index contributed by atoms with van der Waals surface area (Å²) in [6.07, 6.45) is 0. The van der Waals surface area contributed by atoms with Crippen molar-refractivity contribution in [1.29, 1.82) is 0 Å². The molecular weight excluding hydrogens is 399 g/mol. The first kappa shape index (κ1) is 20.3. The maximum Gasteiger partial charge on any atom is 0.266 e. The van der Waals surface area contributed by atoms with Gasteiger partial charge in [0.2, 0.25) is 0 Å². The monoisotopic (exact) mass is 424 g/mol. The minimum atomic E-state index is -0.285. The highest BCUT2D eigenvalue weighted by Crippen LogP contribution is 2.28. The number of carbonyl (C=O) groups excluding carboxylic acids is 1. The number of rotatable bonds is 4. The van der Waals surface area contributed by atoms with Crippen molar-refractivity contribution >= 4 is 33.8 Å². The van der Waals surface area contributed by atoms with E-state index in [1.807, 2.05) is 11.8 Å². The Labute approximate surface area is 180 Å². The number of carbonyl (C=O) groups is 1. The van der Waals surface area contributed by atoms with Crippen molar-refractivity contribution in [3.63, 3.8) is 0 Å². The zero-order valence-electron chi connectivity index (χ0n) is 17.4. The predicted octanol–water partition coefficient (Wildman–Crippen LogP) is 4.91. The van der Waals surface area contributed by atoms with E-state index in [-0.39, 0.29) is 11.7 Å². The summed E-state index contributed by atoms with van der Waals surface area (Å²) in [4.78, 5) is 22.5. The molecule has 3 aromatic rings. The van der Waals surface area contributed by atoms with E-state index >= 15 is 0 Å². The Morgan fingerprint density at radius 2 is 1.73 bits per heavy atom. The molecule has 5 nitrogen and oxygen atoms in total. The van der Waals surface area contributed by atoms with Gasteiger partial charge < -0.3 is 15.1 Å². The fourth-order valence-corrected chi connectivity index (χ4v) is 4.63. The lowest BCUT2D eigenvalue weighted by molar-refractivity contribution is 0.0750. The third kappa shape index (κ3) is 4.16. The highest BCUT2D eigenvalue weighted by Gasteiger charge is 2.26. The van der Waals surface area contributed by atoms with Crippen LogP contribution in [0.2, 0.25) is 0 Å². The van der Waals surface area contributed by atoms with Crippen molar-refractivity contribution in [1.82, 2.24) is 9.88 Å². The summed E-state index contributed by atoms with van der Waals surface area (Å²) in [5.74, 6) is -0.260. The number of benzene rings is 2. The number of thiazole rings is 1. The Kier molecular flexibility index (Phi) is 5.72. The molecule has 1 fully saturated rings. The summed E-state index contributed by atoms with van der Waals surface area (Å²) in [6, 6.07) is 12.5. The number of aryl methyl sites for hydroxylation is 2. The van der Waals surface area contributed by atoms with E-state index in [1.54, 1.807) is 12.1 Å². The van der Waals surface area contributed by atoms with Crippen LogP contribution in [0.1, 0.15) is 26.5 Å². The van der Waals surface area contributed by atoms with Gasteiger partial charge in [0.1, 0.15) is 10.7 Å². The molecule has 0 radical (unpaired) electrons. The Hall–Kier alpha value is -2.93. The maximum absolute atomic E-state index is 13.1. The molecule has 1 saturated heterocycles. The van der Waals surface area contributed by atoms with Gasteiger partial charge >= 0.3 is 0 Å². The average molecular weight is 425 g/mol. The Balaban J connectivity index is 1.42. The zero-order chi connectivity index (χ0) is 21.3. The number of aromatic nitrogens is 1. The maximum atomic E-state index is 13.1. The van der Waals surface area contributed by atoms with Crippen LogP contribution in [0.15, 0.2) is 42.5 Å². The van der Waals surface area contributed by atoms with Gasteiger partial charge in [-0.2, -0.15) is 0 Å². The summed E-state index contributed by atoms with van der Waals surface area (Å²) < 4.78 is 13.1. The summed E-state index contributed by atoms with van der Waals surface area (Å²) in [7, 11) is 0. The fourth-order valence-electron chi connectivity index (χ4n) is 3.68. The van der Waals surface area contributed by atoms with Crippen LogP contribution in [0.4, 0.5) is 20.9 Å². The fraction of sp³-hybridized carbons (Fsp3) is 0.304. The van der Waals surface area contributed by atoms with Gasteiger partial charge in [0.15, 0.2) is 5.13 Å². The highest BCUT2D eigenvalue weighted by molar-refractivity contribution is 7.17. The van der Waals surface area contributed by atoms with Crippen LogP contribution in [0.3, 0.4) is 0 Å². The van der Waals surface area contributed by atoms with Crippen molar-refractivity contribution in [2.75, 3.05) is 36.4 Å². The summed E-state index contributed by atoms with van der Waals surface area (Å²) >= 11 is 1.34. The standard InChI is InChI=1S/C23H25FN4OS/c1-15-5-4-6-20(16(15)2)27-11-13-28(14-12-27)22(29)21-17(3)25-23(30-21)26-19-9-7-18(24)8-10-19/h4-10H,11-14H2,1-3H3,(H,25,26). The molecule has 2 aromatic carbocycles. The molecule has 1 N–H and O–H groups in total. The normalized spacial score (nSPS) is 14.1. The minimum Gasteiger partial charge on any atom is -0.368 e. The third-order valence-corrected chi connectivity index (χ3v) is 6.63. The van der Waals surface area contributed by atoms with Gasteiger partial charge in [0.05, 0.1) is 5.69 Å². The summed E-state index contributed by atoms with van der Waals surface area (Å²) in [5.41, 5.74) is 5.29. The number of anilines is 3. The van der Waals surface area contributed by atoms with Crippen LogP contribution < -0.4 is 10.2 Å². The Morgan fingerprint density at radius 1 is 1.03 bits per heavy atom. The number of amides is 1. The molecule has 0 bridgehead atoms. The molecule has 1 aliphatic rings. The first-order valence-corrected chi connectivity index (χ1v) is 10.8. The van der Waals surface area contributed by atoms with Crippen molar-refractivity contribution in [3.8, 4) is 0 Å². The third-order valence-electron chi connectivity index (χ3n) is 5.57. The number of nitrogens with one attached hydrogen (secondary N) is 1.